The van der Waals surface area contributed by atoms with Crippen LogP contribution in [0.5, 0.6) is 0 Å². The maximum atomic E-state index is 12.8. The van der Waals surface area contributed by atoms with E-state index in [4.69, 9.17) is 4.74 Å². The van der Waals surface area contributed by atoms with Gasteiger partial charge in [0.05, 0.1) is 11.8 Å². The Morgan fingerprint density at radius 1 is 1.10 bits per heavy atom. The van der Waals surface area contributed by atoms with E-state index >= 15 is 0 Å². The van der Waals surface area contributed by atoms with Crippen LogP contribution in [0.4, 0.5) is 0 Å². The predicted molar refractivity (Wildman–Crippen MR) is 109 cm³/mol. The lowest BCUT2D eigenvalue weighted by Gasteiger charge is -2.17. The minimum absolute atomic E-state index is 0.0792. The molecule has 2 N–H and O–H groups in total. The van der Waals surface area contributed by atoms with Crippen LogP contribution >= 0.6 is 0 Å². The quantitative estimate of drug-likeness (QED) is 0.751. The van der Waals surface area contributed by atoms with Gasteiger partial charge in [-0.1, -0.05) is 30.3 Å². The number of carbonyl (C=O) groups excluding carboxylic acids is 2. The molecule has 2 aliphatic heterocycles. The number of nitrogens with one attached hydrogen (secondary N) is 2. The van der Waals surface area contributed by atoms with E-state index in [0.717, 1.165) is 57.4 Å². The number of hydrogen-bond donors (Lipinski definition) is 2. The first-order chi connectivity index (χ1) is 14.2. The molecule has 1 aromatic heterocycles. The van der Waals surface area contributed by atoms with Gasteiger partial charge in [-0.2, -0.15) is 0 Å². The summed E-state index contributed by atoms with van der Waals surface area (Å²) in [6, 6.07) is 10.0. The highest BCUT2D eigenvalue weighted by Crippen LogP contribution is 2.21. The predicted octanol–water partition coefficient (Wildman–Crippen LogP) is 2.10. The molecule has 4 rings (SSSR count). The van der Waals surface area contributed by atoms with Crippen molar-refractivity contribution in [3.05, 3.63) is 53.1 Å². The molecule has 1 atom stereocenters. The summed E-state index contributed by atoms with van der Waals surface area (Å²) in [5, 5.41) is 5.89. The highest BCUT2D eigenvalue weighted by Gasteiger charge is 2.28. The molecular formula is C22H28N4O3. The van der Waals surface area contributed by atoms with Gasteiger partial charge in [-0.3, -0.25) is 9.59 Å². The normalized spacial score (nSPS) is 18.3. The number of rotatable bonds is 7. The summed E-state index contributed by atoms with van der Waals surface area (Å²) < 4.78 is 7.49. The van der Waals surface area contributed by atoms with E-state index in [0.29, 0.717) is 24.6 Å². The highest BCUT2D eigenvalue weighted by molar-refractivity contribution is 5.97. The summed E-state index contributed by atoms with van der Waals surface area (Å²) in [4.78, 5) is 30.0. The van der Waals surface area contributed by atoms with Gasteiger partial charge in [0.15, 0.2) is 5.82 Å². The van der Waals surface area contributed by atoms with E-state index in [2.05, 4.69) is 15.6 Å². The van der Waals surface area contributed by atoms with Crippen LogP contribution < -0.4 is 10.6 Å². The second kappa shape index (κ2) is 9.22. The van der Waals surface area contributed by atoms with Crippen molar-refractivity contribution in [1.82, 2.24) is 20.2 Å². The van der Waals surface area contributed by atoms with Crippen molar-refractivity contribution in [2.45, 2.75) is 51.2 Å². The van der Waals surface area contributed by atoms with Crippen LogP contribution in [0.15, 0.2) is 30.3 Å². The lowest BCUT2D eigenvalue weighted by molar-refractivity contribution is 0.0845. The summed E-state index contributed by atoms with van der Waals surface area (Å²) in [5.41, 5.74) is 2.43. The van der Waals surface area contributed by atoms with Crippen LogP contribution in [-0.2, 0) is 24.1 Å². The third-order valence-electron chi connectivity index (χ3n) is 5.59. The minimum atomic E-state index is -0.230. The second-order valence-electron chi connectivity index (χ2n) is 7.68. The van der Waals surface area contributed by atoms with Crippen molar-refractivity contribution in [3.8, 4) is 0 Å². The van der Waals surface area contributed by atoms with Gasteiger partial charge in [-0.25, -0.2) is 4.98 Å². The zero-order chi connectivity index (χ0) is 20.1. The zero-order valence-corrected chi connectivity index (χ0v) is 16.7. The number of fused-ring (bicyclic) bond motifs is 1. The van der Waals surface area contributed by atoms with Crippen molar-refractivity contribution < 1.29 is 14.3 Å². The van der Waals surface area contributed by atoms with E-state index in [1.807, 2.05) is 34.9 Å². The van der Waals surface area contributed by atoms with Crippen molar-refractivity contribution in [1.29, 1.82) is 0 Å². The van der Waals surface area contributed by atoms with Crippen LogP contribution in [0.2, 0.25) is 0 Å². The van der Waals surface area contributed by atoms with Crippen LogP contribution in [0.25, 0.3) is 0 Å². The average Bonchev–Trinajstić information content (AvgIpc) is 3.41. The van der Waals surface area contributed by atoms with Crippen LogP contribution in [-0.4, -0.2) is 47.2 Å². The van der Waals surface area contributed by atoms with Crippen LogP contribution in [0.3, 0.4) is 0 Å². The Balaban J connectivity index is 1.42. The molecule has 3 heterocycles. The summed E-state index contributed by atoms with van der Waals surface area (Å²) >= 11 is 0. The van der Waals surface area contributed by atoms with Crippen LogP contribution in [0, 0.1) is 0 Å². The third kappa shape index (κ3) is 4.67. The molecule has 2 amide bonds. The first-order valence-corrected chi connectivity index (χ1v) is 10.5. The molecule has 1 saturated heterocycles. The Bertz CT molecular complexity index is 856. The molecule has 0 radical (unpaired) electrons. The molecule has 7 heteroatoms. The van der Waals surface area contributed by atoms with Gasteiger partial charge in [-0.05, 0) is 44.1 Å². The Morgan fingerprint density at radius 3 is 2.76 bits per heavy atom. The van der Waals surface area contributed by atoms with Crippen molar-refractivity contribution in [3.63, 3.8) is 0 Å². The van der Waals surface area contributed by atoms with Crippen molar-refractivity contribution in [2.75, 3.05) is 19.7 Å². The van der Waals surface area contributed by atoms with Crippen LogP contribution in [0.1, 0.15) is 58.0 Å². The number of aromatic nitrogens is 2. The highest BCUT2D eigenvalue weighted by atomic mass is 16.5. The molecule has 1 fully saturated rings. The Labute approximate surface area is 170 Å². The summed E-state index contributed by atoms with van der Waals surface area (Å²) in [6.45, 7) is 2.50. The molecule has 1 unspecified atom stereocenters. The number of imidazole rings is 1. The molecule has 0 aliphatic carbocycles. The summed E-state index contributed by atoms with van der Waals surface area (Å²) in [7, 11) is 0. The van der Waals surface area contributed by atoms with Gasteiger partial charge in [0, 0.05) is 26.2 Å². The molecule has 1 aromatic carbocycles. The third-order valence-corrected chi connectivity index (χ3v) is 5.59. The molecule has 29 heavy (non-hydrogen) atoms. The zero-order valence-electron chi connectivity index (χ0n) is 16.7. The van der Waals surface area contributed by atoms with E-state index in [-0.39, 0.29) is 17.9 Å². The Hall–Kier alpha value is -2.67. The Morgan fingerprint density at radius 2 is 1.97 bits per heavy atom. The van der Waals surface area contributed by atoms with Gasteiger partial charge in [0.1, 0.15) is 5.69 Å². The fourth-order valence-electron chi connectivity index (χ4n) is 4.04. The topological polar surface area (TPSA) is 85.2 Å². The largest absolute Gasteiger partial charge is 0.376 e. The number of benzene rings is 1. The number of amides is 2. The molecule has 7 nitrogen and oxygen atoms in total. The van der Waals surface area contributed by atoms with Crippen molar-refractivity contribution in [2.24, 2.45) is 0 Å². The fraction of sp³-hybridized carbons (Fsp3) is 0.500. The first kappa shape index (κ1) is 19.6. The smallest absolute Gasteiger partial charge is 0.287 e. The summed E-state index contributed by atoms with van der Waals surface area (Å²) in [5.74, 6) is -0.0948. The number of hydrogen-bond acceptors (Lipinski definition) is 4. The number of nitrogens with zero attached hydrogens (tertiary/aromatic N) is 2. The fourth-order valence-corrected chi connectivity index (χ4v) is 4.04. The van der Waals surface area contributed by atoms with E-state index < -0.39 is 0 Å². The van der Waals surface area contributed by atoms with Gasteiger partial charge < -0.3 is 19.9 Å². The molecule has 154 valence electrons. The molecule has 0 saturated carbocycles. The minimum Gasteiger partial charge on any atom is -0.376 e. The maximum Gasteiger partial charge on any atom is 0.287 e. The maximum absolute atomic E-state index is 12.8. The average molecular weight is 396 g/mol. The van der Waals surface area contributed by atoms with Crippen molar-refractivity contribution >= 4 is 11.8 Å². The monoisotopic (exact) mass is 396 g/mol. The SMILES string of the molecule is O=C(NCCc1ccccc1)c1nc(C(=O)NCC2CCCO2)n2c1CCCC2. The van der Waals surface area contributed by atoms with E-state index in [9.17, 15) is 9.59 Å². The van der Waals surface area contributed by atoms with E-state index in [1.54, 1.807) is 0 Å². The van der Waals surface area contributed by atoms with Gasteiger partial charge >= 0.3 is 0 Å². The first-order valence-electron chi connectivity index (χ1n) is 10.5. The Kier molecular flexibility index (Phi) is 6.24. The van der Waals surface area contributed by atoms with Gasteiger partial charge in [-0.15, -0.1) is 0 Å². The molecule has 2 aromatic rings. The number of ether oxygens (including phenoxy) is 1. The molecule has 0 bridgehead atoms. The second-order valence-corrected chi connectivity index (χ2v) is 7.68. The lowest BCUT2D eigenvalue weighted by Crippen LogP contribution is -2.34. The van der Waals surface area contributed by atoms with E-state index in [1.165, 1.54) is 5.56 Å². The molecule has 2 aliphatic rings. The standard InChI is InChI=1S/C22H28N4O3/c27-21(23-12-11-16-7-2-1-3-8-16)19-18-10-4-5-13-26(18)20(25-19)22(28)24-15-17-9-6-14-29-17/h1-3,7-8,17H,4-6,9-15H2,(H,23,27)(H,24,28). The molecular weight excluding hydrogens is 368 g/mol. The van der Waals surface area contributed by atoms with Gasteiger partial charge in [0.2, 0.25) is 0 Å². The number of carbonyl (C=O) groups is 2. The summed E-state index contributed by atoms with van der Waals surface area (Å²) in [6.07, 6.45) is 5.61. The van der Waals surface area contributed by atoms with Gasteiger partial charge in [0.25, 0.3) is 11.8 Å². The molecule has 0 spiro atoms. The lowest BCUT2D eigenvalue weighted by atomic mass is 10.1.